The molecule has 78 valence electrons. The van der Waals surface area contributed by atoms with Gasteiger partial charge in [-0.15, -0.1) is 16.4 Å². The molecule has 1 amide bonds. The minimum Gasteiger partial charge on any atom is -0.289 e. The molecule has 0 bridgehead atoms. The van der Waals surface area contributed by atoms with Crippen molar-refractivity contribution in [2.45, 2.75) is 13.8 Å². The Kier molecular flexibility index (Phi) is 2.28. The molecule has 0 spiro atoms. The Morgan fingerprint density at radius 2 is 2.40 bits per heavy atom. The van der Waals surface area contributed by atoms with Crippen LogP contribution in [0, 0.1) is 6.92 Å². The minimum absolute atomic E-state index is 0.258. The first-order valence-electron chi connectivity index (χ1n) is 4.35. The summed E-state index contributed by atoms with van der Waals surface area (Å²) in [6.07, 6.45) is 0. The van der Waals surface area contributed by atoms with Gasteiger partial charge < -0.3 is 0 Å². The topological polar surface area (TPSA) is 59.3 Å². The van der Waals surface area contributed by atoms with Crippen LogP contribution in [0.25, 0.3) is 4.96 Å². The Morgan fingerprint density at radius 1 is 1.67 bits per heavy atom. The van der Waals surface area contributed by atoms with E-state index in [2.05, 4.69) is 22.0 Å². The highest BCUT2D eigenvalue weighted by Crippen LogP contribution is 2.15. The first kappa shape index (κ1) is 9.85. The van der Waals surface area contributed by atoms with E-state index >= 15 is 0 Å². The van der Waals surface area contributed by atoms with Gasteiger partial charge in [-0.25, -0.2) is 4.52 Å². The Labute approximate surface area is 90.4 Å². The molecule has 15 heavy (non-hydrogen) atoms. The highest BCUT2D eigenvalue weighted by Gasteiger charge is 2.10. The third kappa shape index (κ3) is 1.75. The SMILES string of the molecule is C=C(C)C(=O)Nc1nc2scc(C)n2n1. The number of nitrogens with one attached hydrogen (secondary N) is 1. The number of fused-ring (bicyclic) bond motifs is 1. The number of hydrogen-bond acceptors (Lipinski definition) is 4. The van der Waals surface area contributed by atoms with Gasteiger partial charge >= 0.3 is 0 Å². The number of hydrogen-bond donors (Lipinski definition) is 1. The lowest BCUT2D eigenvalue weighted by molar-refractivity contribution is -0.112. The van der Waals surface area contributed by atoms with Crippen LogP contribution < -0.4 is 5.32 Å². The van der Waals surface area contributed by atoms with Gasteiger partial charge in [0.05, 0.1) is 5.69 Å². The Balaban J connectivity index is 2.30. The molecule has 0 saturated heterocycles. The lowest BCUT2D eigenvalue weighted by atomic mass is 10.3. The van der Waals surface area contributed by atoms with Crippen molar-refractivity contribution in [2.75, 3.05) is 5.32 Å². The number of amides is 1. The van der Waals surface area contributed by atoms with E-state index < -0.39 is 0 Å². The van der Waals surface area contributed by atoms with Crippen LogP contribution in [-0.2, 0) is 4.79 Å². The molecule has 0 aromatic carbocycles. The number of nitrogens with zero attached hydrogens (tertiary/aromatic N) is 3. The van der Waals surface area contributed by atoms with Crippen LogP contribution in [0.15, 0.2) is 17.5 Å². The van der Waals surface area contributed by atoms with Crippen molar-refractivity contribution in [1.29, 1.82) is 0 Å². The lowest BCUT2D eigenvalue weighted by Crippen LogP contribution is -2.13. The highest BCUT2D eigenvalue weighted by molar-refractivity contribution is 7.15. The van der Waals surface area contributed by atoms with Crippen LogP contribution in [0.2, 0.25) is 0 Å². The van der Waals surface area contributed by atoms with Crippen molar-refractivity contribution in [3.05, 3.63) is 23.2 Å². The van der Waals surface area contributed by atoms with Crippen LogP contribution >= 0.6 is 11.3 Å². The summed E-state index contributed by atoms with van der Waals surface area (Å²) in [6.45, 7) is 7.11. The van der Waals surface area contributed by atoms with Crippen LogP contribution in [0.1, 0.15) is 12.6 Å². The second-order valence-electron chi connectivity index (χ2n) is 3.24. The molecule has 6 heteroatoms. The molecule has 0 aliphatic carbocycles. The largest absolute Gasteiger partial charge is 0.289 e. The quantitative estimate of drug-likeness (QED) is 0.785. The number of aromatic nitrogens is 3. The summed E-state index contributed by atoms with van der Waals surface area (Å²) in [5.41, 5.74) is 1.43. The molecule has 2 heterocycles. The van der Waals surface area contributed by atoms with Gasteiger partial charge in [-0.1, -0.05) is 6.58 Å². The molecule has 1 N–H and O–H groups in total. The normalized spacial score (nSPS) is 10.5. The van der Waals surface area contributed by atoms with Crippen LogP contribution in [0.5, 0.6) is 0 Å². The molecule has 0 fully saturated rings. The lowest BCUT2D eigenvalue weighted by Gasteiger charge is -1.97. The van der Waals surface area contributed by atoms with E-state index in [1.165, 1.54) is 11.3 Å². The van der Waals surface area contributed by atoms with Gasteiger partial charge in [0, 0.05) is 11.0 Å². The number of carbonyl (C=O) groups excluding carboxylic acids is 1. The van der Waals surface area contributed by atoms with Gasteiger partial charge in [0.1, 0.15) is 0 Å². The van der Waals surface area contributed by atoms with Crippen molar-refractivity contribution in [1.82, 2.24) is 14.6 Å². The van der Waals surface area contributed by atoms with Crippen molar-refractivity contribution in [3.63, 3.8) is 0 Å². The van der Waals surface area contributed by atoms with E-state index in [1.807, 2.05) is 12.3 Å². The molecule has 0 radical (unpaired) electrons. The number of carbonyl (C=O) groups is 1. The average Bonchev–Trinajstić information content (AvgIpc) is 2.69. The second kappa shape index (κ2) is 3.47. The molecule has 0 aliphatic heterocycles. The zero-order valence-electron chi connectivity index (χ0n) is 8.44. The summed E-state index contributed by atoms with van der Waals surface area (Å²) >= 11 is 1.49. The fraction of sp³-hybridized carbons (Fsp3) is 0.222. The maximum Gasteiger partial charge on any atom is 0.253 e. The van der Waals surface area contributed by atoms with E-state index in [0.29, 0.717) is 11.5 Å². The third-order valence-electron chi connectivity index (χ3n) is 1.86. The van der Waals surface area contributed by atoms with Gasteiger partial charge in [-0.05, 0) is 13.8 Å². The molecular weight excluding hydrogens is 212 g/mol. The fourth-order valence-electron chi connectivity index (χ4n) is 1.05. The first-order chi connectivity index (χ1) is 7.08. The van der Waals surface area contributed by atoms with Gasteiger partial charge in [0.2, 0.25) is 4.96 Å². The van der Waals surface area contributed by atoms with E-state index in [9.17, 15) is 4.79 Å². The first-order valence-corrected chi connectivity index (χ1v) is 5.23. The summed E-state index contributed by atoms with van der Waals surface area (Å²) < 4.78 is 1.69. The summed E-state index contributed by atoms with van der Waals surface area (Å²) in [5, 5.41) is 8.66. The van der Waals surface area contributed by atoms with Crippen molar-refractivity contribution in [2.24, 2.45) is 0 Å². The van der Waals surface area contributed by atoms with Gasteiger partial charge in [-0.3, -0.25) is 10.1 Å². The number of anilines is 1. The molecular formula is C9H10N4OS. The Bertz CT molecular complexity index is 539. The number of aryl methyl sites for hydroxylation is 1. The predicted octanol–water partition coefficient (Wildman–Crippen LogP) is 1.61. The van der Waals surface area contributed by atoms with Crippen LogP contribution in [0.3, 0.4) is 0 Å². The molecule has 0 aliphatic rings. The highest BCUT2D eigenvalue weighted by atomic mass is 32.1. The summed E-state index contributed by atoms with van der Waals surface area (Å²) in [6, 6.07) is 0. The van der Waals surface area contributed by atoms with E-state index in [1.54, 1.807) is 11.4 Å². The Hall–Kier alpha value is -1.69. The van der Waals surface area contributed by atoms with Crippen molar-refractivity contribution >= 4 is 28.2 Å². The second-order valence-corrected chi connectivity index (χ2v) is 4.08. The van der Waals surface area contributed by atoms with Gasteiger partial charge in [0.15, 0.2) is 0 Å². The van der Waals surface area contributed by atoms with Crippen molar-refractivity contribution < 1.29 is 4.79 Å². The molecule has 5 nitrogen and oxygen atoms in total. The van der Waals surface area contributed by atoms with Gasteiger partial charge in [-0.2, -0.15) is 4.98 Å². The zero-order chi connectivity index (χ0) is 11.0. The fourth-order valence-corrected chi connectivity index (χ4v) is 1.85. The number of rotatable bonds is 2. The smallest absolute Gasteiger partial charge is 0.253 e. The molecule has 2 rings (SSSR count). The maximum absolute atomic E-state index is 11.3. The standard InChI is InChI=1S/C9H10N4OS/c1-5(2)7(14)10-8-11-9-13(12-8)6(3)4-15-9/h4H,1H2,2-3H3,(H,10,12,14). The molecule has 0 saturated carbocycles. The summed E-state index contributed by atoms with van der Waals surface area (Å²) in [5.74, 6) is 0.0591. The molecule has 0 unspecified atom stereocenters. The van der Waals surface area contributed by atoms with Gasteiger partial charge in [0.25, 0.3) is 11.9 Å². The molecule has 0 atom stereocenters. The zero-order valence-corrected chi connectivity index (χ0v) is 9.26. The molecule has 2 aromatic heterocycles. The van der Waals surface area contributed by atoms with Crippen molar-refractivity contribution in [3.8, 4) is 0 Å². The number of thiazole rings is 1. The van der Waals surface area contributed by atoms with E-state index in [4.69, 9.17) is 0 Å². The third-order valence-corrected chi connectivity index (χ3v) is 2.79. The summed E-state index contributed by atoms with van der Waals surface area (Å²) in [4.78, 5) is 16.2. The average molecular weight is 222 g/mol. The van der Waals surface area contributed by atoms with E-state index in [0.717, 1.165) is 10.7 Å². The minimum atomic E-state index is -0.258. The van der Waals surface area contributed by atoms with Crippen LogP contribution in [0.4, 0.5) is 5.95 Å². The predicted molar refractivity (Wildman–Crippen MR) is 59.0 cm³/mol. The molecule has 2 aromatic rings. The van der Waals surface area contributed by atoms with Crippen LogP contribution in [-0.4, -0.2) is 20.5 Å². The Morgan fingerprint density at radius 3 is 3.00 bits per heavy atom. The van der Waals surface area contributed by atoms with E-state index in [-0.39, 0.29) is 5.91 Å². The monoisotopic (exact) mass is 222 g/mol. The summed E-state index contributed by atoms with van der Waals surface area (Å²) in [7, 11) is 0. The maximum atomic E-state index is 11.3.